The van der Waals surface area contributed by atoms with Crippen LogP contribution >= 0.6 is 23.2 Å². The van der Waals surface area contributed by atoms with Crippen molar-refractivity contribution in [2.24, 2.45) is 4.99 Å². The SMILES string of the molecule is CC(C)OCCCNNC(=O)[C@@]1(CCC(=O)OC(C)(C)C)N=C(c2ccc(OCCCO)cc2)O[C@H]1c1ccc(Cl)cc1Cl. The molecule has 1 aliphatic rings. The molecule has 0 saturated carbocycles. The van der Waals surface area contributed by atoms with Crippen molar-refractivity contribution in [1.29, 1.82) is 0 Å². The normalized spacial score (nSPS) is 18.1. The summed E-state index contributed by atoms with van der Waals surface area (Å²) in [5.41, 5.74) is 4.52. The first-order valence-electron chi connectivity index (χ1n) is 14.8. The van der Waals surface area contributed by atoms with Crippen LogP contribution in [0.15, 0.2) is 47.5 Å². The van der Waals surface area contributed by atoms with Crippen molar-refractivity contribution in [3.63, 3.8) is 0 Å². The topological polar surface area (TPSA) is 128 Å². The van der Waals surface area contributed by atoms with E-state index in [-0.39, 0.29) is 31.5 Å². The number of amides is 1. The van der Waals surface area contributed by atoms with Crippen LogP contribution in [0.3, 0.4) is 0 Å². The molecule has 0 aromatic heterocycles. The zero-order valence-electron chi connectivity index (χ0n) is 26.0. The van der Waals surface area contributed by atoms with E-state index in [1.54, 1.807) is 63.2 Å². The van der Waals surface area contributed by atoms with E-state index in [9.17, 15) is 9.59 Å². The minimum absolute atomic E-state index is 0.0264. The Morgan fingerprint density at radius 1 is 1.09 bits per heavy atom. The molecule has 0 fully saturated rings. The van der Waals surface area contributed by atoms with Crippen molar-refractivity contribution in [2.45, 2.75) is 83.6 Å². The van der Waals surface area contributed by atoms with Crippen LogP contribution in [-0.2, 0) is 23.8 Å². The van der Waals surface area contributed by atoms with Crippen LogP contribution in [0.1, 0.15) is 77.5 Å². The van der Waals surface area contributed by atoms with Crippen LogP contribution in [0.2, 0.25) is 10.0 Å². The molecular weight excluding hydrogens is 609 g/mol. The Morgan fingerprint density at radius 2 is 1.82 bits per heavy atom. The summed E-state index contributed by atoms with van der Waals surface area (Å²) in [4.78, 5) is 31.8. The van der Waals surface area contributed by atoms with Crippen molar-refractivity contribution in [2.75, 3.05) is 26.4 Å². The lowest BCUT2D eigenvalue weighted by atomic mass is 9.83. The Morgan fingerprint density at radius 3 is 2.45 bits per heavy atom. The highest BCUT2D eigenvalue weighted by Crippen LogP contribution is 2.45. The summed E-state index contributed by atoms with van der Waals surface area (Å²) < 4.78 is 23.2. The predicted molar refractivity (Wildman–Crippen MR) is 170 cm³/mol. The number of hydrogen-bond donors (Lipinski definition) is 3. The monoisotopic (exact) mass is 651 g/mol. The molecule has 2 atom stereocenters. The largest absolute Gasteiger partial charge is 0.494 e. The lowest BCUT2D eigenvalue weighted by molar-refractivity contribution is -0.155. The Kier molecular flexibility index (Phi) is 13.3. The maximum Gasteiger partial charge on any atom is 0.306 e. The second-order valence-electron chi connectivity index (χ2n) is 11.7. The predicted octanol–water partition coefficient (Wildman–Crippen LogP) is 5.57. The number of halogens is 2. The molecule has 0 unspecified atom stereocenters. The van der Waals surface area contributed by atoms with E-state index in [2.05, 4.69) is 10.9 Å². The number of ether oxygens (including phenoxy) is 4. The number of aliphatic hydroxyl groups excluding tert-OH is 1. The molecule has 2 aromatic carbocycles. The number of rotatable bonds is 16. The third kappa shape index (κ3) is 10.3. The van der Waals surface area contributed by atoms with E-state index in [1.807, 2.05) is 13.8 Å². The van der Waals surface area contributed by atoms with Gasteiger partial charge in [-0.2, -0.15) is 0 Å². The van der Waals surface area contributed by atoms with Gasteiger partial charge in [-0.3, -0.25) is 15.0 Å². The number of nitrogens with zero attached hydrogens (tertiary/aromatic N) is 1. The van der Waals surface area contributed by atoms with Gasteiger partial charge in [-0.05, 0) is 83.9 Å². The Bertz CT molecular complexity index is 1280. The van der Waals surface area contributed by atoms with Crippen molar-refractivity contribution >= 4 is 41.0 Å². The Labute approximate surface area is 269 Å². The first-order chi connectivity index (χ1) is 20.8. The molecule has 1 aliphatic heterocycles. The number of carbonyl (C=O) groups is 2. The number of hydrogen-bond acceptors (Lipinski definition) is 9. The van der Waals surface area contributed by atoms with Crippen LogP contribution in [0.5, 0.6) is 5.75 Å². The van der Waals surface area contributed by atoms with Gasteiger partial charge < -0.3 is 24.1 Å². The van der Waals surface area contributed by atoms with Gasteiger partial charge in [0.05, 0.1) is 12.7 Å². The lowest BCUT2D eigenvalue weighted by Crippen LogP contribution is -2.53. The molecule has 0 aliphatic carbocycles. The molecule has 12 heteroatoms. The smallest absolute Gasteiger partial charge is 0.306 e. The van der Waals surface area contributed by atoms with E-state index in [4.69, 9.17) is 52.2 Å². The molecule has 2 aromatic rings. The summed E-state index contributed by atoms with van der Waals surface area (Å²) in [5, 5.41) is 9.74. The van der Waals surface area contributed by atoms with Gasteiger partial charge in [0.15, 0.2) is 11.6 Å². The van der Waals surface area contributed by atoms with E-state index < -0.39 is 29.1 Å². The van der Waals surface area contributed by atoms with Crippen LogP contribution < -0.4 is 15.6 Å². The van der Waals surface area contributed by atoms with Crippen molar-refractivity contribution < 1.29 is 33.6 Å². The highest BCUT2D eigenvalue weighted by Gasteiger charge is 2.54. The number of nitrogens with one attached hydrogen (secondary N) is 2. The first-order valence-corrected chi connectivity index (χ1v) is 15.5. The molecule has 1 heterocycles. The van der Waals surface area contributed by atoms with E-state index in [1.165, 1.54) is 0 Å². The second kappa shape index (κ2) is 16.4. The number of esters is 1. The maximum atomic E-state index is 14.1. The Hall–Kier alpha value is -2.89. The maximum absolute atomic E-state index is 14.1. The van der Waals surface area contributed by atoms with Gasteiger partial charge >= 0.3 is 5.97 Å². The minimum atomic E-state index is -1.60. The molecule has 3 N–H and O–H groups in total. The van der Waals surface area contributed by atoms with Crippen LogP contribution in [-0.4, -0.2) is 66.5 Å². The molecule has 10 nitrogen and oxygen atoms in total. The summed E-state index contributed by atoms with van der Waals surface area (Å²) in [5.74, 6) is -0.163. The Balaban J connectivity index is 1.98. The summed E-state index contributed by atoms with van der Waals surface area (Å²) in [6.45, 7) is 10.6. The average Bonchev–Trinajstić information content (AvgIpc) is 3.33. The van der Waals surface area contributed by atoms with Crippen molar-refractivity contribution in [3.05, 3.63) is 63.6 Å². The number of benzene rings is 2. The van der Waals surface area contributed by atoms with E-state index in [0.29, 0.717) is 59.5 Å². The van der Waals surface area contributed by atoms with Gasteiger partial charge in [0.2, 0.25) is 5.90 Å². The first kappa shape index (κ1) is 35.6. The second-order valence-corrected chi connectivity index (χ2v) is 12.5. The molecular formula is C32H43Cl2N3O7. The fraction of sp³-hybridized carbons (Fsp3) is 0.531. The summed E-state index contributed by atoms with van der Waals surface area (Å²) in [6.07, 6.45) is 0.155. The summed E-state index contributed by atoms with van der Waals surface area (Å²) in [7, 11) is 0. The van der Waals surface area contributed by atoms with Crippen molar-refractivity contribution in [3.8, 4) is 5.75 Å². The standard InChI is InChI=1S/C32H43Cl2N3O7/c1-21(2)41-18-6-16-35-37-30(40)32(15-14-27(39)44-31(3,4)5)28(25-13-10-23(33)20-26(25)34)43-29(36-32)22-8-11-24(12-9-22)42-19-7-17-38/h8-13,20-21,28,35,38H,6-7,14-19H2,1-5H3,(H,37,40)/t28-,32-/m0/s1. The van der Waals surface area contributed by atoms with Crippen LogP contribution in [0.4, 0.5) is 0 Å². The zero-order valence-corrected chi connectivity index (χ0v) is 27.5. The number of carbonyl (C=O) groups excluding carboxylic acids is 2. The van der Waals surface area contributed by atoms with E-state index in [0.717, 1.165) is 0 Å². The zero-order chi connectivity index (χ0) is 32.3. The third-order valence-corrected chi connectivity index (χ3v) is 7.07. The van der Waals surface area contributed by atoms with E-state index >= 15 is 0 Å². The molecule has 0 spiro atoms. The fourth-order valence-electron chi connectivity index (χ4n) is 4.48. The van der Waals surface area contributed by atoms with Gasteiger partial charge in [-0.15, -0.1) is 0 Å². The molecule has 3 rings (SSSR count). The highest BCUT2D eigenvalue weighted by molar-refractivity contribution is 6.35. The molecule has 1 amide bonds. The average molecular weight is 653 g/mol. The molecule has 0 bridgehead atoms. The molecule has 44 heavy (non-hydrogen) atoms. The fourth-order valence-corrected chi connectivity index (χ4v) is 4.98. The molecule has 0 saturated heterocycles. The number of aliphatic hydroxyl groups is 1. The molecule has 0 radical (unpaired) electrons. The third-order valence-electron chi connectivity index (χ3n) is 6.50. The van der Waals surface area contributed by atoms with Crippen LogP contribution in [0, 0.1) is 0 Å². The lowest BCUT2D eigenvalue weighted by Gasteiger charge is -2.31. The number of hydrazine groups is 1. The van der Waals surface area contributed by atoms with Crippen LogP contribution in [0.25, 0.3) is 0 Å². The van der Waals surface area contributed by atoms with Gasteiger partial charge in [0, 0.05) is 53.8 Å². The van der Waals surface area contributed by atoms with Gasteiger partial charge in [-0.25, -0.2) is 10.4 Å². The van der Waals surface area contributed by atoms with Crippen molar-refractivity contribution in [1.82, 2.24) is 10.9 Å². The number of aliphatic imine (C=N–C) groups is 1. The molecule has 242 valence electrons. The van der Waals surface area contributed by atoms with Gasteiger partial charge in [0.25, 0.3) is 5.91 Å². The highest BCUT2D eigenvalue weighted by atomic mass is 35.5. The summed E-state index contributed by atoms with van der Waals surface area (Å²) in [6, 6.07) is 12.0. The van der Waals surface area contributed by atoms with Gasteiger partial charge in [-0.1, -0.05) is 29.3 Å². The minimum Gasteiger partial charge on any atom is -0.494 e. The summed E-state index contributed by atoms with van der Waals surface area (Å²) >= 11 is 12.8. The van der Waals surface area contributed by atoms with Gasteiger partial charge in [0.1, 0.15) is 11.4 Å². The quantitative estimate of drug-likeness (QED) is 0.122.